The van der Waals surface area contributed by atoms with E-state index in [0.29, 0.717) is 23.6 Å². The summed E-state index contributed by atoms with van der Waals surface area (Å²) in [4.78, 5) is 2.40. The zero-order valence-electron chi connectivity index (χ0n) is 13.2. The maximum absolute atomic E-state index is 9.30. The van der Waals surface area contributed by atoms with E-state index in [1.165, 1.54) is 22.6 Å². The Hall–Kier alpha value is -1.01. The molecule has 0 aromatic heterocycles. The Labute approximate surface area is 157 Å². The lowest BCUT2D eigenvalue weighted by Gasteiger charge is -2.14. The van der Waals surface area contributed by atoms with Gasteiger partial charge in [-0.3, -0.25) is 0 Å². The first-order valence-electron chi connectivity index (χ1n) is 7.79. The van der Waals surface area contributed by atoms with Crippen LogP contribution in [-0.2, 0) is 0 Å². The van der Waals surface area contributed by atoms with Gasteiger partial charge in [-0.05, 0) is 61.4 Å². The van der Waals surface area contributed by atoms with Crippen LogP contribution < -0.4 is 5.32 Å². The summed E-state index contributed by atoms with van der Waals surface area (Å²) in [6.07, 6.45) is 2.43. The lowest BCUT2D eigenvalue weighted by atomic mass is 10.2. The molecule has 1 saturated heterocycles. The zero-order chi connectivity index (χ0) is 16.1. The van der Waals surface area contributed by atoms with Crippen molar-refractivity contribution in [2.75, 3.05) is 11.5 Å². The van der Waals surface area contributed by atoms with E-state index in [9.17, 15) is 10.2 Å². The van der Waals surface area contributed by atoms with Crippen LogP contribution in [0, 0.1) is 0 Å². The maximum Gasteiger partial charge on any atom is 0.115 e. The van der Waals surface area contributed by atoms with Crippen LogP contribution in [-0.4, -0.2) is 33.8 Å². The molecule has 3 rings (SSSR count). The normalized spacial score (nSPS) is 19.8. The van der Waals surface area contributed by atoms with Crippen molar-refractivity contribution in [2.45, 2.75) is 34.7 Å². The molecule has 3 N–H and O–H groups in total. The summed E-state index contributed by atoms with van der Waals surface area (Å²) in [7, 11) is 0. The lowest BCUT2D eigenvalue weighted by Crippen LogP contribution is -2.32. The fourth-order valence-electron chi connectivity index (χ4n) is 2.64. The Bertz CT molecular complexity index is 566. The Morgan fingerprint density at radius 3 is 1.50 bits per heavy atom. The molecule has 6 heteroatoms. The molecule has 0 radical (unpaired) electrons. The quantitative estimate of drug-likeness (QED) is 0.640. The van der Waals surface area contributed by atoms with Crippen molar-refractivity contribution in [3.05, 3.63) is 48.5 Å². The summed E-state index contributed by atoms with van der Waals surface area (Å²) < 4.78 is 0. The minimum absolute atomic E-state index is 0. The van der Waals surface area contributed by atoms with Crippen molar-refractivity contribution in [3.8, 4) is 11.5 Å². The Morgan fingerprint density at radius 2 is 1.12 bits per heavy atom. The first-order valence-corrected chi connectivity index (χ1v) is 9.76. The molecule has 3 nitrogen and oxygen atoms in total. The molecule has 1 heterocycles. The molecule has 0 amide bonds. The summed E-state index contributed by atoms with van der Waals surface area (Å²) in [5, 5.41) is 22.3. The van der Waals surface area contributed by atoms with Crippen molar-refractivity contribution < 1.29 is 10.2 Å². The van der Waals surface area contributed by atoms with Crippen molar-refractivity contribution in [3.63, 3.8) is 0 Å². The number of phenols is 2. The predicted molar refractivity (Wildman–Crippen MR) is 105 cm³/mol. The average Bonchev–Trinajstić information content (AvgIpc) is 3.02. The van der Waals surface area contributed by atoms with E-state index in [1.807, 2.05) is 47.8 Å². The summed E-state index contributed by atoms with van der Waals surface area (Å²) in [6.45, 7) is 0. The zero-order valence-corrected chi connectivity index (χ0v) is 15.7. The van der Waals surface area contributed by atoms with Gasteiger partial charge in [-0.1, -0.05) is 0 Å². The lowest BCUT2D eigenvalue weighted by molar-refractivity contribution is 0.474. The van der Waals surface area contributed by atoms with Gasteiger partial charge in [0.25, 0.3) is 0 Å². The third kappa shape index (κ3) is 5.81. The van der Waals surface area contributed by atoms with Crippen LogP contribution in [0.4, 0.5) is 0 Å². The Kier molecular flexibility index (Phi) is 7.62. The van der Waals surface area contributed by atoms with Gasteiger partial charge in [0.05, 0.1) is 0 Å². The van der Waals surface area contributed by atoms with Crippen LogP contribution in [0.15, 0.2) is 58.3 Å². The monoisotopic (exact) mass is 383 g/mol. The summed E-state index contributed by atoms with van der Waals surface area (Å²) in [5.74, 6) is 2.76. The van der Waals surface area contributed by atoms with Crippen molar-refractivity contribution in [1.29, 1.82) is 0 Å². The molecular formula is C18H22ClNO2S2. The second-order valence-corrected chi connectivity index (χ2v) is 7.93. The van der Waals surface area contributed by atoms with Crippen LogP contribution >= 0.6 is 35.9 Å². The van der Waals surface area contributed by atoms with E-state index in [1.54, 1.807) is 24.3 Å². The van der Waals surface area contributed by atoms with E-state index in [-0.39, 0.29) is 12.4 Å². The molecule has 24 heavy (non-hydrogen) atoms. The van der Waals surface area contributed by atoms with Gasteiger partial charge in [0.1, 0.15) is 11.5 Å². The third-order valence-corrected chi connectivity index (χ3v) is 6.26. The first-order chi connectivity index (χ1) is 11.2. The molecule has 2 aromatic rings. The molecule has 130 valence electrons. The van der Waals surface area contributed by atoms with Crippen molar-refractivity contribution >= 4 is 35.9 Å². The van der Waals surface area contributed by atoms with Crippen molar-refractivity contribution in [1.82, 2.24) is 5.32 Å². The molecule has 0 aliphatic carbocycles. The van der Waals surface area contributed by atoms with E-state index in [0.717, 1.165) is 11.5 Å². The Morgan fingerprint density at radius 1 is 0.750 bits per heavy atom. The number of nitrogens with one attached hydrogen (secondary N) is 1. The van der Waals surface area contributed by atoms with Gasteiger partial charge in [0, 0.05) is 33.4 Å². The van der Waals surface area contributed by atoms with Gasteiger partial charge in [0.2, 0.25) is 0 Å². The van der Waals surface area contributed by atoms with Gasteiger partial charge < -0.3 is 15.5 Å². The highest BCUT2D eigenvalue weighted by atomic mass is 35.5. The highest BCUT2D eigenvalue weighted by molar-refractivity contribution is 7.99. The molecule has 0 bridgehead atoms. The molecule has 1 aliphatic heterocycles. The van der Waals surface area contributed by atoms with E-state index >= 15 is 0 Å². The number of phenolic OH excluding ortho intramolecular Hbond substituents is 2. The standard InChI is InChI=1S/C18H21NO2S2.ClH/c20-15-3-7-17(8-4-15)22-11-13-1-2-14(19-13)12-23-18-9-5-16(21)6-10-18;/h3-10,13-14,19-21H,1-2,11-12H2;1H/t13-,14+;. The summed E-state index contributed by atoms with van der Waals surface area (Å²) >= 11 is 3.67. The Balaban J connectivity index is 0.00000208. The topological polar surface area (TPSA) is 52.5 Å². The van der Waals surface area contributed by atoms with E-state index < -0.39 is 0 Å². The number of aromatic hydroxyl groups is 2. The smallest absolute Gasteiger partial charge is 0.115 e. The van der Waals surface area contributed by atoms with Crippen LogP contribution in [0.1, 0.15) is 12.8 Å². The number of rotatable bonds is 6. The highest BCUT2D eigenvalue weighted by Crippen LogP contribution is 2.27. The fourth-order valence-corrected chi connectivity index (χ4v) is 4.61. The predicted octanol–water partition coefficient (Wildman–Crippen LogP) is 4.52. The number of halogens is 1. The molecule has 2 atom stereocenters. The second kappa shape index (κ2) is 9.47. The van der Waals surface area contributed by atoms with E-state index in [4.69, 9.17) is 0 Å². The number of thioether (sulfide) groups is 2. The summed E-state index contributed by atoms with van der Waals surface area (Å²) in [5.41, 5.74) is 0. The first kappa shape index (κ1) is 19.3. The molecule has 0 saturated carbocycles. The maximum atomic E-state index is 9.30. The molecule has 2 aromatic carbocycles. The largest absolute Gasteiger partial charge is 0.508 e. The average molecular weight is 384 g/mol. The number of benzene rings is 2. The van der Waals surface area contributed by atoms with E-state index in [2.05, 4.69) is 5.32 Å². The molecule has 1 fully saturated rings. The number of hydrogen-bond acceptors (Lipinski definition) is 5. The fraction of sp³-hybridized carbons (Fsp3) is 0.333. The molecule has 1 aliphatic rings. The van der Waals surface area contributed by atoms with Gasteiger partial charge in [0.15, 0.2) is 0 Å². The summed E-state index contributed by atoms with van der Waals surface area (Å²) in [6, 6.07) is 15.9. The molecular weight excluding hydrogens is 362 g/mol. The molecule has 0 unspecified atom stereocenters. The second-order valence-electron chi connectivity index (χ2n) is 5.75. The highest BCUT2D eigenvalue weighted by Gasteiger charge is 2.23. The van der Waals surface area contributed by atoms with Gasteiger partial charge in [-0.25, -0.2) is 0 Å². The van der Waals surface area contributed by atoms with Crippen LogP contribution in [0.2, 0.25) is 0 Å². The van der Waals surface area contributed by atoms with Crippen molar-refractivity contribution in [2.24, 2.45) is 0 Å². The van der Waals surface area contributed by atoms with Gasteiger partial charge >= 0.3 is 0 Å². The van der Waals surface area contributed by atoms with Crippen LogP contribution in [0.3, 0.4) is 0 Å². The molecule has 0 spiro atoms. The van der Waals surface area contributed by atoms with Gasteiger partial charge in [-0.15, -0.1) is 35.9 Å². The van der Waals surface area contributed by atoms with Crippen LogP contribution in [0.25, 0.3) is 0 Å². The van der Waals surface area contributed by atoms with Crippen LogP contribution in [0.5, 0.6) is 11.5 Å². The minimum atomic E-state index is 0. The third-order valence-electron chi connectivity index (χ3n) is 3.91. The number of hydrogen-bond donors (Lipinski definition) is 3. The minimum Gasteiger partial charge on any atom is -0.508 e. The van der Waals surface area contributed by atoms with Gasteiger partial charge in [-0.2, -0.15) is 0 Å². The SMILES string of the molecule is Cl.Oc1ccc(SC[C@H]2CC[C@@H](CSc3ccc(O)cc3)N2)cc1.